The van der Waals surface area contributed by atoms with Crippen molar-refractivity contribution in [2.75, 3.05) is 38.1 Å². The maximum Gasteiger partial charge on any atom is 1.00 e. The molecule has 0 radical (unpaired) electrons. The number of carboxylic acids is 1. The number of likely N-dealkylation sites (N-methyl/N-ethyl adjacent to an activating group) is 1. The number of hydrogen-bond donors (Lipinski definition) is 1. The SMILES string of the molecule is CN1CCN(c2cc(F)c3c(c2)OC(C(=O)O)CC3)CC1.Cl.[Cl-].[Li+]. The van der Waals surface area contributed by atoms with E-state index in [-0.39, 0.29) is 49.5 Å². The van der Waals surface area contributed by atoms with Crippen LogP contribution in [-0.2, 0) is 11.2 Å². The fourth-order valence-corrected chi connectivity index (χ4v) is 2.85. The molecule has 2 aliphatic heterocycles. The number of fused-ring (bicyclic) bond motifs is 1. The molecule has 130 valence electrons. The van der Waals surface area contributed by atoms with E-state index in [0.29, 0.717) is 24.2 Å². The van der Waals surface area contributed by atoms with Gasteiger partial charge in [-0.3, -0.25) is 0 Å². The van der Waals surface area contributed by atoms with Gasteiger partial charge in [-0.2, -0.15) is 0 Å². The van der Waals surface area contributed by atoms with E-state index in [1.54, 1.807) is 6.07 Å². The maximum atomic E-state index is 14.2. The number of rotatable bonds is 2. The van der Waals surface area contributed by atoms with Crippen molar-refractivity contribution in [3.05, 3.63) is 23.5 Å². The molecule has 0 aromatic heterocycles. The standard InChI is InChI=1S/C15H19FN2O3.2ClH.Li/c1-17-4-6-18(7-5-17)10-8-12(16)11-2-3-13(15(19)20)21-14(11)9-10;;;/h8-9,13H,2-7H2,1H3,(H,19,20);2*1H;/q;;;+1/p-1. The number of ether oxygens (including phenoxy) is 1. The molecule has 1 N–H and O–H groups in total. The number of nitrogens with zero attached hydrogens (tertiary/aromatic N) is 2. The summed E-state index contributed by atoms with van der Waals surface area (Å²) >= 11 is 0. The number of hydrogen-bond acceptors (Lipinski definition) is 4. The van der Waals surface area contributed by atoms with E-state index in [0.717, 1.165) is 31.9 Å². The number of aliphatic carboxylic acids is 1. The monoisotopic (exact) mass is 372 g/mol. The maximum absolute atomic E-state index is 14.2. The predicted octanol–water partition coefficient (Wildman–Crippen LogP) is -4.21. The molecule has 0 amide bonds. The van der Waals surface area contributed by atoms with Crippen LogP contribution in [0.25, 0.3) is 0 Å². The molecule has 1 aromatic carbocycles. The molecule has 2 aliphatic rings. The van der Waals surface area contributed by atoms with Gasteiger partial charge in [0.15, 0.2) is 6.10 Å². The smallest absolute Gasteiger partial charge is 1.00 e. The summed E-state index contributed by atoms with van der Waals surface area (Å²) in [5.74, 6) is -0.918. The van der Waals surface area contributed by atoms with Gasteiger partial charge in [0, 0.05) is 43.5 Å². The molecule has 5 nitrogen and oxygen atoms in total. The van der Waals surface area contributed by atoms with Gasteiger partial charge < -0.3 is 32.1 Å². The summed E-state index contributed by atoms with van der Waals surface area (Å²) in [4.78, 5) is 15.4. The Morgan fingerprint density at radius 1 is 1.29 bits per heavy atom. The van der Waals surface area contributed by atoms with Crippen LogP contribution in [0.1, 0.15) is 12.0 Å². The van der Waals surface area contributed by atoms with E-state index in [2.05, 4.69) is 16.8 Å². The van der Waals surface area contributed by atoms with Crippen molar-refractivity contribution in [3.8, 4) is 5.75 Å². The van der Waals surface area contributed by atoms with E-state index < -0.39 is 12.1 Å². The Morgan fingerprint density at radius 2 is 1.92 bits per heavy atom. The zero-order valence-corrected chi connectivity index (χ0v) is 15.4. The first-order valence-electron chi connectivity index (χ1n) is 7.20. The van der Waals surface area contributed by atoms with Gasteiger partial charge in [-0.15, -0.1) is 12.4 Å². The molecule has 0 saturated carbocycles. The molecule has 24 heavy (non-hydrogen) atoms. The van der Waals surface area contributed by atoms with Gasteiger partial charge in [0.05, 0.1) is 0 Å². The quantitative estimate of drug-likeness (QED) is 0.533. The Morgan fingerprint density at radius 3 is 2.50 bits per heavy atom. The summed E-state index contributed by atoms with van der Waals surface area (Å²) in [6.45, 7) is 3.52. The average Bonchev–Trinajstić information content (AvgIpc) is 2.47. The number of carboxylic acid groups (broad SMARTS) is 1. The largest absolute Gasteiger partial charge is 1.00 e. The Hall–Kier alpha value is -0.643. The summed E-state index contributed by atoms with van der Waals surface area (Å²) in [6, 6.07) is 3.31. The van der Waals surface area contributed by atoms with E-state index in [4.69, 9.17) is 9.84 Å². The summed E-state index contributed by atoms with van der Waals surface area (Å²) in [5, 5.41) is 9.05. The van der Waals surface area contributed by atoms with Crippen LogP contribution in [0.4, 0.5) is 10.1 Å². The van der Waals surface area contributed by atoms with Gasteiger partial charge >= 0.3 is 24.8 Å². The Labute approximate surface area is 165 Å². The van der Waals surface area contributed by atoms with Crippen molar-refractivity contribution in [2.24, 2.45) is 0 Å². The summed E-state index contributed by atoms with van der Waals surface area (Å²) in [7, 11) is 2.06. The first-order chi connectivity index (χ1) is 10.0. The zero-order valence-electron chi connectivity index (χ0n) is 13.8. The van der Waals surface area contributed by atoms with Gasteiger partial charge in [0.2, 0.25) is 0 Å². The van der Waals surface area contributed by atoms with E-state index in [1.165, 1.54) is 6.07 Å². The Balaban J connectivity index is 0.00000176. The van der Waals surface area contributed by atoms with E-state index in [9.17, 15) is 9.18 Å². The normalized spacial score (nSPS) is 19.8. The fourth-order valence-electron chi connectivity index (χ4n) is 2.85. The van der Waals surface area contributed by atoms with Crippen LogP contribution < -0.4 is 40.9 Å². The Kier molecular flexibility index (Phi) is 9.48. The third kappa shape index (κ3) is 4.93. The molecule has 3 rings (SSSR count). The van der Waals surface area contributed by atoms with Crippen molar-refractivity contribution < 1.29 is 50.3 Å². The number of anilines is 1. The van der Waals surface area contributed by atoms with Crippen molar-refractivity contribution in [3.63, 3.8) is 0 Å². The minimum Gasteiger partial charge on any atom is -1.00 e. The molecule has 1 atom stereocenters. The van der Waals surface area contributed by atoms with Gasteiger partial charge in [0.25, 0.3) is 0 Å². The van der Waals surface area contributed by atoms with Crippen molar-refractivity contribution in [2.45, 2.75) is 18.9 Å². The van der Waals surface area contributed by atoms with E-state index >= 15 is 0 Å². The molecule has 9 heteroatoms. The number of carbonyl (C=O) groups is 1. The molecule has 1 unspecified atom stereocenters. The van der Waals surface area contributed by atoms with E-state index in [1.807, 2.05) is 0 Å². The number of piperazine rings is 1. The van der Waals surface area contributed by atoms with Crippen LogP contribution in [0, 0.1) is 5.82 Å². The summed E-state index contributed by atoms with van der Waals surface area (Å²) in [5.41, 5.74) is 1.26. The second-order valence-electron chi connectivity index (χ2n) is 5.68. The van der Waals surface area contributed by atoms with Crippen molar-refractivity contribution in [1.29, 1.82) is 0 Å². The summed E-state index contributed by atoms with van der Waals surface area (Å²) < 4.78 is 19.7. The molecular formula is C15H20Cl2FLiN2O3. The van der Waals surface area contributed by atoms with Gasteiger partial charge in [-0.05, 0) is 26.0 Å². The van der Waals surface area contributed by atoms with Crippen molar-refractivity contribution >= 4 is 24.1 Å². The first-order valence-corrected chi connectivity index (χ1v) is 7.20. The minimum atomic E-state index is -0.994. The fraction of sp³-hybridized carbons (Fsp3) is 0.533. The molecule has 2 heterocycles. The zero-order chi connectivity index (χ0) is 15.0. The number of halogens is 3. The molecule has 0 spiro atoms. The molecule has 0 bridgehead atoms. The van der Waals surface area contributed by atoms with Crippen LogP contribution >= 0.6 is 12.4 Å². The minimum absolute atomic E-state index is 0. The topological polar surface area (TPSA) is 53.0 Å². The van der Waals surface area contributed by atoms with Crippen LogP contribution in [0.15, 0.2) is 12.1 Å². The van der Waals surface area contributed by atoms with Crippen LogP contribution in [-0.4, -0.2) is 55.3 Å². The van der Waals surface area contributed by atoms with Gasteiger partial charge in [-0.1, -0.05) is 0 Å². The van der Waals surface area contributed by atoms with Crippen molar-refractivity contribution in [1.82, 2.24) is 4.90 Å². The molecule has 1 aromatic rings. The molecule has 1 fully saturated rings. The second kappa shape index (κ2) is 9.74. The molecule has 1 saturated heterocycles. The Bertz CT molecular complexity index is 572. The van der Waals surface area contributed by atoms with Crippen LogP contribution in [0.2, 0.25) is 0 Å². The third-order valence-corrected chi connectivity index (χ3v) is 4.21. The van der Waals surface area contributed by atoms with Crippen LogP contribution in [0.5, 0.6) is 5.75 Å². The molecular weight excluding hydrogens is 353 g/mol. The predicted molar refractivity (Wildman–Crippen MR) is 83.7 cm³/mol. The number of benzene rings is 1. The first kappa shape index (κ1) is 23.4. The average molecular weight is 373 g/mol. The van der Waals surface area contributed by atoms with Gasteiger partial charge in [0.1, 0.15) is 11.6 Å². The van der Waals surface area contributed by atoms with Crippen LogP contribution in [0.3, 0.4) is 0 Å². The van der Waals surface area contributed by atoms with Gasteiger partial charge in [-0.25, -0.2) is 9.18 Å². The molecule has 0 aliphatic carbocycles. The second-order valence-corrected chi connectivity index (χ2v) is 5.68. The third-order valence-electron chi connectivity index (χ3n) is 4.21. The summed E-state index contributed by atoms with van der Waals surface area (Å²) in [6.07, 6.45) is -0.159.